The van der Waals surface area contributed by atoms with E-state index in [0.29, 0.717) is 22.8 Å². The first-order valence-electron chi connectivity index (χ1n) is 25.0. The molecule has 2 atom stereocenters. The predicted octanol–water partition coefficient (Wildman–Crippen LogP) is 5.75. The van der Waals surface area contributed by atoms with Gasteiger partial charge in [-0.2, -0.15) is 0 Å². The number of nitrogens with one attached hydrogen (secondary N) is 8. The van der Waals surface area contributed by atoms with Crippen LogP contribution in [0.2, 0.25) is 0 Å². The van der Waals surface area contributed by atoms with Crippen LogP contribution in [0.3, 0.4) is 0 Å². The van der Waals surface area contributed by atoms with Crippen LogP contribution < -0.4 is 42.5 Å². The van der Waals surface area contributed by atoms with Crippen molar-refractivity contribution in [3.8, 4) is 22.8 Å². The summed E-state index contributed by atoms with van der Waals surface area (Å²) in [7, 11) is 0. The molecule has 0 unspecified atom stereocenters. The monoisotopic (exact) mass is 1040 g/mol. The van der Waals surface area contributed by atoms with Gasteiger partial charge in [0.2, 0.25) is 35.4 Å². The number of carbonyl (C=O) groups excluding carboxylic acids is 8. The second-order valence-electron chi connectivity index (χ2n) is 21.5. The maximum Gasteiger partial charge on any atom is 0.253 e. The molecule has 402 valence electrons. The summed E-state index contributed by atoms with van der Waals surface area (Å²) < 4.78 is 0. The Morgan fingerprint density at radius 3 is 1.09 bits per heavy atom. The van der Waals surface area contributed by atoms with E-state index in [9.17, 15) is 38.4 Å². The number of pyridine rings is 4. The Balaban J connectivity index is 1.16. The van der Waals surface area contributed by atoms with Crippen LogP contribution in [0, 0.1) is 11.8 Å². The van der Waals surface area contributed by atoms with Gasteiger partial charge in [-0.1, -0.05) is 45.9 Å². The summed E-state index contributed by atoms with van der Waals surface area (Å²) in [4.78, 5) is 126. The SMILES string of the molecule is CC(C)C[C@H](NC(=O)C(C)(C)NC(=O)c1ccc(-c2ccccn2)nc1)C(=O)NC(C)(C)C(=O)Nc1cccc(NC(=O)C(C)(C)NC(=O)[C@H](CC(C)C)NC(=O)C(C)(C)NC(=O)c2ccc(-c3ccccn3)nc2)c1. The average molecular weight is 1040 g/mol. The summed E-state index contributed by atoms with van der Waals surface area (Å²) in [6.45, 7) is 19.5. The highest BCUT2D eigenvalue weighted by Gasteiger charge is 2.39. The molecule has 0 saturated heterocycles. The Bertz CT molecular complexity index is 2700. The molecular weight excluding hydrogens is 969 g/mol. The number of amides is 8. The molecule has 5 rings (SSSR count). The number of hydrogen-bond donors (Lipinski definition) is 8. The van der Waals surface area contributed by atoms with Crippen LogP contribution in [0.5, 0.6) is 0 Å². The largest absolute Gasteiger partial charge is 0.342 e. The lowest BCUT2D eigenvalue weighted by atomic mass is 9.97. The van der Waals surface area contributed by atoms with Gasteiger partial charge in [-0.25, -0.2) is 0 Å². The third-order valence-electron chi connectivity index (χ3n) is 11.9. The Kier molecular flexibility index (Phi) is 19.0. The molecule has 0 aliphatic rings. The van der Waals surface area contributed by atoms with Gasteiger partial charge in [0.15, 0.2) is 0 Å². The molecule has 0 saturated carbocycles. The van der Waals surface area contributed by atoms with Gasteiger partial charge in [0, 0.05) is 36.2 Å². The molecule has 0 spiro atoms. The number of aromatic nitrogens is 4. The van der Waals surface area contributed by atoms with E-state index >= 15 is 0 Å². The zero-order valence-electron chi connectivity index (χ0n) is 45.2. The molecule has 1 aromatic carbocycles. The third kappa shape index (κ3) is 16.3. The molecule has 0 bridgehead atoms. The van der Waals surface area contributed by atoms with Gasteiger partial charge >= 0.3 is 0 Å². The zero-order chi connectivity index (χ0) is 56.2. The van der Waals surface area contributed by atoms with Gasteiger partial charge in [0.1, 0.15) is 34.2 Å². The van der Waals surface area contributed by atoms with Gasteiger partial charge in [-0.15, -0.1) is 0 Å². The van der Waals surface area contributed by atoms with Crippen molar-refractivity contribution in [3.63, 3.8) is 0 Å². The quantitative estimate of drug-likeness (QED) is 0.0412. The minimum absolute atomic E-state index is 0.0565. The van der Waals surface area contributed by atoms with Crippen LogP contribution >= 0.6 is 0 Å². The molecule has 8 amide bonds. The summed E-state index contributed by atoms with van der Waals surface area (Å²) >= 11 is 0. The normalized spacial score (nSPS) is 12.6. The summed E-state index contributed by atoms with van der Waals surface area (Å²) in [5.74, 6) is -4.99. The van der Waals surface area contributed by atoms with Gasteiger partial charge < -0.3 is 42.5 Å². The van der Waals surface area contributed by atoms with E-state index in [0.717, 1.165) is 0 Å². The second-order valence-corrected chi connectivity index (χ2v) is 21.5. The summed E-state index contributed by atoms with van der Waals surface area (Å²) in [5, 5.41) is 22.0. The first kappa shape index (κ1) is 58.5. The molecule has 0 fully saturated rings. The zero-order valence-corrected chi connectivity index (χ0v) is 45.2. The number of rotatable bonds is 22. The van der Waals surface area contributed by atoms with Crippen LogP contribution in [0.4, 0.5) is 11.4 Å². The van der Waals surface area contributed by atoms with E-state index in [-0.39, 0.29) is 47.2 Å². The minimum atomic E-state index is -1.52. The van der Waals surface area contributed by atoms with Crippen molar-refractivity contribution < 1.29 is 38.4 Å². The van der Waals surface area contributed by atoms with Gasteiger partial charge in [-0.05, 0) is 147 Å². The van der Waals surface area contributed by atoms with Gasteiger partial charge in [-0.3, -0.25) is 58.3 Å². The first-order chi connectivity index (χ1) is 35.6. The maximum atomic E-state index is 13.9. The van der Waals surface area contributed by atoms with E-state index in [2.05, 4.69) is 62.5 Å². The van der Waals surface area contributed by atoms with Crippen LogP contribution in [0.1, 0.15) is 117 Å². The highest BCUT2D eigenvalue weighted by Crippen LogP contribution is 2.21. The van der Waals surface area contributed by atoms with Crippen molar-refractivity contribution in [1.29, 1.82) is 0 Å². The van der Waals surface area contributed by atoms with E-state index < -0.39 is 81.5 Å². The molecule has 4 aromatic heterocycles. The van der Waals surface area contributed by atoms with Gasteiger partial charge in [0.05, 0.1) is 33.9 Å². The molecule has 0 radical (unpaired) electrons. The maximum absolute atomic E-state index is 13.9. The highest BCUT2D eigenvalue weighted by molar-refractivity contribution is 6.05. The van der Waals surface area contributed by atoms with E-state index in [1.54, 1.807) is 79.1 Å². The third-order valence-corrected chi connectivity index (χ3v) is 11.9. The molecule has 20 heteroatoms. The Morgan fingerprint density at radius 1 is 0.421 bits per heavy atom. The summed E-state index contributed by atoms with van der Waals surface area (Å²) in [6.07, 6.45) is 6.48. The molecule has 5 aromatic rings. The molecule has 4 heterocycles. The lowest BCUT2D eigenvalue weighted by molar-refractivity contribution is -0.134. The first-order valence-corrected chi connectivity index (χ1v) is 25.0. The number of anilines is 2. The van der Waals surface area contributed by atoms with Crippen molar-refractivity contribution >= 4 is 58.6 Å². The van der Waals surface area contributed by atoms with Crippen molar-refractivity contribution in [2.24, 2.45) is 11.8 Å². The predicted molar refractivity (Wildman–Crippen MR) is 289 cm³/mol. The fraction of sp³-hybridized carbons (Fsp3) is 0.393. The molecule has 0 aliphatic heterocycles. The fourth-order valence-corrected chi connectivity index (χ4v) is 7.45. The molecule has 0 aliphatic carbocycles. The van der Waals surface area contributed by atoms with E-state index in [1.165, 1.54) is 73.8 Å². The number of benzene rings is 1. The van der Waals surface area contributed by atoms with Crippen LogP contribution in [-0.4, -0.2) is 101 Å². The minimum Gasteiger partial charge on any atom is -0.342 e. The smallest absolute Gasteiger partial charge is 0.253 e. The van der Waals surface area contributed by atoms with Crippen molar-refractivity contribution in [3.05, 3.63) is 121 Å². The molecular formula is C56H70N12O8. The molecule has 8 N–H and O–H groups in total. The Labute approximate surface area is 443 Å². The van der Waals surface area contributed by atoms with Crippen LogP contribution in [0.15, 0.2) is 110 Å². The molecule has 20 nitrogen and oxygen atoms in total. The number of nitrogens with zero attached hydrogens (tertiary/aromatic N) is 4. The average Bonchev–Trinajstić information content (AvgIpc) is 3.35. The van der Waals surface area contributed by atoms with Crippen LogP contribution in [-0.2, 0) is 28.8 Å². The van der Waals surface area contributed by atoms with Crippen LogP contribution in [0.25, 0.3) is 22.8 Å². The van der Waals surface area contributed by atoms with Crippen molar-refractivity contribution in [1.82, 2.24) is 51.8 Å². The standard InChI is InChI=1S/C56H70N12O8/c1-33(2)28-43(63-51(75)55(9,10)65-45(69)35-22-24-41(59-31-35)39-20-13-15-26-57-39)47(71)67-53(5,6)49(73)61-37-18-17-19-38(30-37)62-50(74)54(7,8)68-48(72)44(29-34(3)4)64-52(76)56(11,12)66-46(70)36-23-25-42(60-32-36)40-21-14-16-27-58-40/h13-27,30-34,43-44H,28-29H2,1-12H3,(H,61,73)(H,62,74)(H,63,75)(H,64,76)(H,65,69)(H,66,70)(H,67,71)(H,68,72)/t43-,44-/m0/s1. The highest BCUT2D eigenvalue weighted by atomic mass is 16.2. The molecule has 76 heavy (non-hydrogen) atoms. The van der Waals surface area contributed by atoms with E-state index in [4.69, 9.17) is 0 Å². The second kappa shape index (κ2) is 24.7. The summed E-state index contributed by atoms with van der Waals surface area (Å²) in [5.41, 5.74) is -2.61. The Morgan fingerprint density at radius 2 is 0.776 bits per heavy atom. The van der Waals surface area contributed by atoms with Gasteiger partial charge in [0.25, 0.3) is 11.8 Å². The van der Waals surface area contributed by atoms with Crippen molar-refractivity contribution in [2.45, 2.75) is 130 Å². The van der Waals surface area contributed by atoms with E-state index in [1.807, 2.05) is 39.8 Å². The lowest BCUT2D eigenvalue weighted by Gasteiger charge is -2.31. The number of carbonyl (C=O) groups is 8. The topological polar surface area (TPSA) is 284 Å². The summed E-state index contributed by atoms with van der Waals surface area (Å²) in [6, 6.07) is 21.3. The Hall–Kier alpha value is -8.42. The lowest BCUT2D eigenvalue weighted by Crippen LogP contribution is -2.62. The fourth-order valence-electron chi connectivity index (χ4n) is 7.45. The van der Waals surface area contributed by atoms with Crippen molar-refractivity contribution in [2.75, 3.05) is 10.6 Å². The number of hydrogen-bond acceptors (Lipinski definition) is 12.